The number of nitrogens with one attached hydrogen (secondary N) is 1. The molecule has 18 heavy (non-hydrogen) atoms. The largest absolute Gasteiger partial charge is 0.363 e. The lowest BCUT2D eigenvalue weighted by Gasteiger charge is -2.06. The summed E-state index contributed by atoms with van der Waals surface area (Å²) in [6, 6.07) is 7.97. The van der Waals surface area contributed by atoms with Crippen LogP contribution >= 0.6 is 11.3 Å². The quantitative estimate of drug-likeness (QED) is 0.782. The molecule has 0 atom stereocenters. The summed E-state index contributed by atoms with van der Waals surface area (Å²) < 4.78 is 0. The van der Waals surface area contributed by atoms with Crippen LogP contribution in [0.4, 0.5) is 5.82 Å². The molecule has 1 N–H and O–H groups in total. The molecule has 5 heteroatoms. The molecule has 1 aromatic carbocycles. The molecule has 0 spiro atoms. The van der Waals surface area contributed by atoms with E-state index >= 15 is 0 Å². The van der Waals surface area contributed by atoms with Gasteiger partial charge in [0.2, 0.25) is 0 Å². The van der Waals surface area contributed by atoms with E-state index < -0.39 is 0 Å². The summed E-state index contributed by atoms with van der Waals surface area (Å²) in [5.41, 5.74) is 2.01. The van der Waals surface area contributed by atoms with E-state index in [0.717, 1.165) is 27.4 Å². The third-order valence-corrected chi connectivity index (χ3v) is 3.58. The van der Waals surface area contributed by atoms with Gasteiger partial charge in [0.15, 0.2) is 0 Å². The minimum absolute atomic E-state index is 0.694. The fourth-order valence-electron chi connectivity index (χ4n) is 1.79. The third-order valence-electron chi connectivity index (χ3n) is 2.62. The highest BCUT2D eigenvalue weighted by Crippen LogP contribution is 2.19. The van der Waals surface area contributed by atoms with Crippen molar-refractivity contribution in [1.82, 2.24) is 15.0 Å². The molecule has 0 fully saturated rings. The third kappa shape index (κ3) is 2.17. The molecular formula is C13H12N4S. The van der Waals surface area contributed by atoms with Gasteiger partial charge in [-0.25, -0.2) is 15.0 Å². The van der Waals surface area contributed by atoms with Gasteiger partial charge in [-0.1, -0.05) is 12.1 Å². The summed E-state index contributed by atoms with van der Waals surface area (Å²) in [5, 5.41) is 7.47. The van der Waals surface area contributed by atoms with Crippen molar-refractivity contribution in [2.75, 3.05) is 5.32 Å². The predicted molar refractivity (Wildman–Crippen MR) is 73.7 cm³/mol. The first kappa shape index (κ1) is 11.1. The fourth-order valence-corrected chi connectivity index (χ4v) is 2.50. The smallest absolute Gasteiger partial charge is 0.137 e. The molecule has 4 nitrogen and oxygen atoms in total. The number of aromatic nitrogens is 3. The van der Waals surface area contributed by atoms with Crippen molar-refractivity contribution in [3.05, 3.63) is 46.7 Å². The molecule has 0 saturated carbocycles. The van der Waals surface area contributed by atoms with Gasteiger partial charge in [0, 0.05) is 16.5 Å². The summed E-state index contributed by atoms with van der Waals surface area (Å²) in [4.78, 5) is 12.9. The van der Waals surface area contributed by atoms with Crippen molar-refractivity contribution < 1.29 is 0 Å². The van der Waals surface area contributed by atoms with E-state index in [0.29, 0.717) is 6.54 Å². The Labute approximate surface area is 109 Å². The van der Waals surface area contributed by atoms with E-state index in [2.05, 4.69) is 25.6 Å². The first-order chi connectivity index (χ1) is 8.83. The van der Waals surface area contributed by atoms with Crippen LogP contribution in [0, 0.1) is 6.92 Å². The van der Waals surface area contributed by atoms with Crippen molar-refractivity contribution in [1.29, 1.82) is 0 Å². The topological polar surface area (TPSA) is 50.7 Å². The molecule has 0 unspecified atom stereocenters. The molecule has 0 aliphatic rings. The van der Waals surface area contributed by atoms with Crippen LogP contribution in [-0.4, -0.2) is 15.0 Å². The highest BCUT2D eigenvalue weighted by atomic mass is 32.1. The normalized spacial score (nSPS) is 10.7. The number of fused-ring (bicyclic) bond motifs is 1. The van der Waals surface area contributed by atoms with Crippen LogP contribution in [-0.2, 0) is 6.54 Å². The van der Waals surface area contributed by atoms with Gasteiger partial charge in [-0.3, -0.25) is 0 Å². The Balaban J connectivity index is 1.86. The Hall–Kier alpha value is -2.01. The highest BCUT2D eigenvalue weighted by molar-refractivity contribution is 7.09. The zero-order chi connectivity index (χ0) is 12.4. The Kier molecular flexibility index (Phi) is 2.90. The molecule has 3 aromatic rings. The van der Waals surface area contributed by atoms with E-state index in [4.69, 9.17) is 0 Å². The molecule has 0 aliphatic carbocycles. The predicted octanol–water partition coefficient (Wildman–Crippen LogP) is 3.01. The van der Waals surface area contributed by atoms with Crippen molar-refractivity contribution >= 4 is 28.1 Å². The summed E-state index contributed by atoms with van der Waals surface area (Å²) in [5.74, 6) is 0.855. The monoisotopic (exact) mass is 256 g/mol. The van der Waals surface area contributed by atoms with E-state index in [-0.39, 0.29) is 0 Å². The lowest BCUT2D eigenvalue weighted by atomic mass is 10.2. The van der Waals surface area contributed by atoms with Gasteiger partial charge in [-0.05, 0) is 19.1 Å². The van der Waals surface area contributed by atoms with Crippen LogP contribution in [0.15, 0.2) is 36.0 Å². The van der Waals surface area contributed by atoms with Crippen LogP contribution < -0.4 is 5.32 Å². The number of benzene rings is 1. The van der Waals surface area contributed by atoms with Crippen molar-refractivity contribution in [2.24, 2.45) is 0 Å². The lowest BCUT2D eigenvalue weighted by molar-refractivity contribution is 1.06. The molecule has 0 saturated heterocycles. The molecule has 0 bridgehead atoms. The maximum absolute atomic E-state index is 4.42. The van der Waals surface area contributed by atoms with Gasteiger partial charge in [0.1, 0.15) is 17.2 Å². The second-order valence-corrected chi connectivity index (χ2v) is 4.92. The van der Waals surface area contributed by atoms with Crippen molar-refractivity contribution in [3.8, 4) is 0 Å². The molecule has 0 amide bonds. The molecule has 0 aliphatic heterocycles. The van der Waals surface area contributed by atoms with Gasteiger partial charge in [0.05, 0.1) is 12.1 Å². The van der Waals surface area contributed by atoms with Crippen LogP contribution in [0.2, 0.25) is 0 Å². The minimum Gasteiger partial charge on any atom is -0.363 e. The Bertz CT molecular complexity index is 672. The van der Waals surface area contributed by atoms with Crippen LogP contribution in [0.3, 0.4) is 0 Å². The number of nitrogens with zero attached hydrogens (tertiary/aromatic N) is 3. The summed E-state index contributed by atoms with van der Waals surface area (Å²) in [6.45, 7) is 2.69. The fraction of sp³-hybridized carbons (Fsp3) is 0.154. The van der Waals surface area contributed by atoms with Crippen LogP contribution in [0.5, 0.6) is 0 Å². The summed E-state index contributed by atoms with van der Waals surface area (Å²) >= 11 is 1.66. The maximum Gasteiger partial charge on any atom is 0.137 e. The van der Waals surface area contributed by atoms with E-state index in [1.54, 1.807) is 17.7 Å². The van der Waals surface area contributed by atoms with Gasteiger partial charge in [-0.2, -0.15) is 0 Å². The molecule has 3 rings (SSSR count). The van der Waals surface area contributed by atoms with Crippen molar-refractivity contribution in [2.45, 2.75) is 13.5 Å². The molecule has 90 valence electrons. The minimum atomic E-state index is 0.694. The Morgan fingerprint density at radius 2 is 2.11 bits per heavy atom. The number of hydrogen-bond acceptors (Lipinski definition) is 5. The zero-order valence-electron chi connectivity index (χ0n) is 9.92. The number of para-hydroxylation sites is 1. The standard InChI is InChI=1S/C13H12N4S/c1-9-7-18-12(17-9)6-14-13-10-4-2-3-5-11(10)15-8-16-13/h2-5,7-8H,6H2,1H3,(H,14,15,16). The first-order valence-corrected chi connectivity index (χ1v) is 6.55. The number of hydrogen-bond donors (Lipinski definition) is 1. The number of anilines is 1. The highest BCUT2D eigenvalue weighted by Gasteiger charge is 2.03. The maximum atomic E-state index is 4.42. The Morgan fingerprint density at radius 1 is 1.22 bits per heavy atom. The summed E-state index contributed by atoms with van der Waals surface area (Å²) in [6.07, 6.45) is 1.58. The van der Waals surface area contributed by atoms with Gasteiger partial charge in [0.25, 0.3) is 0 Å². The van der Waals surface area contributed by atoms with E-state index in [1.807, 2.05) is 31.2 Å². The van der Waals surface area contributed by atoms with Gasteiger partial charge < -0.3 is 5.32 Å². The van der Waals surface area contributed by atoms with E-state index in [1.165, 1.54) is 0 Å². The van der Waals surface area contributed by atoms with E-state index in [9.17, 15) is 0 Å². The van der Waals surface area contributed by atoms with Crippen LogP contribution in [0.25, 0.3) is 10.9 Å². The zero-order valence-corrected chi connectivity index (χ0v) is 10.7. The molecule has 2 heterocycles. The molecule has 2 aromatic heterocycles. The average Bonchev–Trinajstić information content (AvgIpc) is 2.82. The van der Waals surface area contributed by atoms with Gasteiger partial charge in [-0.15, -0.1) is 11.3 Å². The molecule has 0 radical (unpaired) electrons. The average molecular weight is 256 g/mol. The Morgan fingerprint density at radius 3 is 2.94 bits per heavy atom. The second kappa shape index (κ2) is 4.70. The summed E-state index contributed by atoms with van der Waals surface area (Å²) in [7, 11) is 0. The SMILES string of the molecule is Cc1csc(CNc2ncnc3ccccc23)n1. The number of aryl methyl sites for hydroxylation is 1. The lowest BCUT2D eigenvalue weighted by Crippen LogP contribution is -2.02. The van der Waals surface area contributed by atoms with Gasteiger partial charge >= 0.3 is 0 Å². The van der Waals surface area contributed by atoms with Crippen molar-refractivity contribution in [3.63, 3.8) is 0 Å². The van der Waals surface area contributed by atoms with Crippen LogP contribution in [0.1, 0.15) is 10.7 Å². The second-order valence-electron chi connectivity index (χ2n) is 3.98. The first-order valence-electron chi connectivity index (χ1n) is 5.67. The number of thiazole rings is 1. The molecular weight excluding hydrogens is 244 g/mol. The number of rotatable bonds is 3.